The van der Waals surface area contributed by atoms with Crippen molar-refractivity contribution in [3.05, 3.63) is 23.8 Å². The van der Waals surface area contributed by atoms with E-state index < -0.39 is 0 Å². The highest BCUT2D eigenvalue weighted by Gasteiger charge is 2.30. The summed E-state index contributed by atoms with van der Waals surface area (Å²) in [6.07, 6.45) is 5.94. The molecule has 2 N–H and O–H groups in total. The third-order valence-corrected chi connectivity index (χ3v) is 5.78. The van der Waals surface area contributed by atoms with Crippen molar-refractivity contribution in [1.82, 2.24) is 4.90 Å². The Morgan fingerprint density at radius 3 is 2.43 bits per heavy atom. The number of carbonyl (C=O) groups excluding carboxylic acids is 3. The number of benzene rings is 1. The molecule has 6 nitrogen and oxygen atoms in total. The Hall–Kier alpha value is -2.37. The summed E-state index contributed by atoms with van der Waals surface area (Å²) in [6, 6.07) is 5.67. The van der Waals surface area contributed by atoms with E-state index in [1.54, 1.807) is 4.90 Å². The zero-order valence-corrected chi connectivity index (χ0v) is 16.9. The Morgan fingerprint density at radius 1 is 1.04 bits per heavy atom. The van der Waals surface area contributed by atoms with Crippen LogP contribution in [0.4, 0.5) is 11.4 Å². The van der Waals surface area contributed by atoms with Crippen LogP contribution < -0.4 is 10.6 Å². The van der Waals surface area contributed by atoms with Gasteiger partial charge in [-0.25, -0.2) is 0 Å². The SMILES string of the molecule is CCCN1CC(C(=O)Nc2cc(C)ccc2NC(=O)C2CCCC2)CCC1=O. The zero-order chi connectivity index (χ0) is 20.1. The summed E-state index contributed by atoms with van der Waals surface area (Å²) >= 11 is 0. The smallest absolute Gasteiger partial charge is 0.229 e. The van der Waals surface area contributed by atoms with E-state index in [4.69, 9.17) is 0 Å². The van der Waals surface area contributed by atoms with Gasteiger partial charge in [0.25, 0.3) is 0 Å². The highest BCUT2D eigenvalue weighted by molar-refractivity contribution is 6.01. The first kappa shape index (κ1) is 20.4. The number of anilines is 2. The number of nitrogens with one attached hydrogen (secondary N) is 2. The molecule has 1 aliphatic heterocycles. The van der Waals surface area contributed by atoms with Crippen LogP contribution in [0.3, 0.4) is 0 Å². The number of piperidine rings is 1. The lowest BCUT2D eigenvalue weighted by Gasteiger charge is -2.31. The van der Waals surface area contributed by atoms with Crippen molar-refractivity contribution in [1.29, 1.82) is 0 Å². The molecule has 152 valence electrons. The molecule has 1 saturated heterocycles. The van der Waals surface area contributed by atoms with Crippen molar-refractivity contribution >= 4 is 29.1 Å². The fourth-order valence-electron chi connectivity index (χ4n) is 4.14. The van der Waals surface area contributed by atoms with E-state index in [0.717, 1.165) is 37.7 Å². The molecule has 0 bridgehead atoms. The fraction of sp³-hybridized carbons (Fsp3) is 0.591. The summed E-state index contributed by atoms with van der Waals surface area (Å²) in [5.41, 5.74) is 2.30. The molecule has 0 radical (unpaired) electrons. The number of hydrogen-bond donors (Lipinski definition) is 2. The number of likely N-dealkylation sites (tertiary alicyclic amines) is 1. The van der Waals surface area contributed by atoms with Crippen molar-refractivity contribution < 1.29 is 14.4 Å². The molecule has 2 fully saturated rings. The fourth-order valence-corrected chi connectivity index (χ4v) is 4.14. The minimum Gasteiger partial charge on any atom is -0.342 e. The summed E-state index contributed by atoms with van der Waals surface area (Å²) in [7, 11) is 0. The molecule has 0 aromatic heterocycles. The lowest BCUT2D eigenvalue weighted by atomic mass is 9.96. The minimum atomic E-state index is -0.219. The number of rotatable bonds is 6. The zero-order valence-electron chi connectivity index (χ0n) is 16.9. The molecule has 28 heavy (non-hydrogen) atoms. The maximum Gasteiger partial charge on any atom is 0.229 e. The van der Waals surface area contributed by atoms with Crippen LogP contribution in [0.15, 0.2) is 18.2 Å². The van der Waals surface area contributed by atoms with E-state index in [-0.39, 0.29) is 29.6 Å². The first-order valence-electron chi connectivity index (χ1n) is 10.5. The second-order valence-electron chi connectivity index (χ2n) is 8.08. The summed E-state index contributed by atoms with van der Waals surface area (Å²) in [6.45, 7) is 5.15. The van der Waals surface area contributed by atoms with Gasteiger partial charge in [-0.15, -0.1) is 0 Å². The van der Waals surface area contributed by atoms with Crippen molar-refractivity contribution in [2.24, 2.45) is 11.8 Å². The van der Waals surface area contributed by atoms with Crippen molar-refractivity contribution in [3.63, 3.8) is 0 Å². The van der Waals surface area contributed by atoms with Crippen LogP contribution >= 0.6 is 0 Å². The highest BCUT2D eigenvalue weighted by Crippen LogP contribution is 2.29. The maximum absolute atomic E-state index is 12.9. The van der Waals surface area contributed by atoms with Gasteiger partial charge in [0.05, 0.1) is 17.3 Å². The summed E-state index contributed by atoms with van der Waals surface area (Å²) in [5.74, 6) is -0.0734. The standard InChI is InChI=1S/C22H31N3O3/c1-3-12-25-14-17(9-11-20(25)26)22(28)24-19-13-15(2)8-10-18(19)23-21(27)16-6-4-5-7-16/h8,10,13,16-17H,3-7,9,11-12,14H2,1-2H3,(H,23,27)(H,24,28). The van der Waals surface area contributed by atoms with E-state index in [1.807, 2.05) is 32.0 Å². The average molecular weight is 386 g/mol. The topological polar surface area (TPSA) is 78.5 Å². The summed E-state index contributed by atoms with van der Waals surface area (Å²) in [5, 5.41) is 6.01. The third-order valence-electron chi connectivity index (χ3n) is 5.78. The molecular weight excluding hydrogens is 354 g/mol. The van der Waals surface area contributed by atoms with Crippen LogP contribution in [-0.4, -0.2) is 35.7 Å². The van der Waals surface area contributed by atoms with E-state index >= 15 is 0 Å². The van der Waals surface area contributed by atoms with Crippen LogP contribution in [0.2, 0.25) is 0 Å². The number of nitrogens with zero attached hydrogens (tertiary/aromatic N) is 1. The van der Waals surface area contributed by atoms with Gasteiger partial charge in [-0.3, -0.25) is 14.4 Å². The van der Waals surface area contributed by atoms with Gasteiger partial charge in [0, 0.05) is 25.4 Å². The molecule has 1 atom stereocenters. The lowest BCUT2D eigenvalue weighted by Crippen LogP contribution is -2.44. The number of aryl methyl sites for hydroxylation is 1. The predicted molar refractivity (Wildman–Crippen MR) is 110 cm³/mol. The van der Waals surface area contributed by atoms with E-state index in [1.165, 1.54) is 0 Å². The summed E-state index contributed by atoms with van der Waals surface area (Å²) < 4.78 is 0. The van der Waals surface area contributed by atoms with E-state index in [9.17, 15) is 14.4 Å². The Bertz CT molecular complexity index is 741. The van der Waals surface area contributed by atoms with Gasteiger partial charge in [-0.05, 0) is 50.3 Å². The van der Waals surface area contributed by atoms with Crippen LogP contribution in [0.5, 0.6) is 0 Å². The Labute approximate surface area is 167 Å². The van der Waals surface area contributed by atoms with Gasteiger partial charge in [-0.2, -0.15) is 0 Å². The molecule has 6 heteroatoms. The molecule has 1 aliphatic carbocycles. The molecule has 1 unspecified atom stereocenters. The second kappa shape index (κ2) is 9.22. The van der Waals surface area contributed by atoms with Crippen LogP contribution in [-0.2, 0) is 14.4 Å². The summed E-state index contributed by atoms with van der Waals surface area (Å²) in [4.78, 5) is 39.2. The largest absolute Gasteiger partial charge is 0.342 e. The quantitative estimate of drug-likeness (QED) is 0.783. The normalized spacial score (nSPS) is 20.3. The van der Waals surface area contributed by atoms with E-state index in [2.05, 4.69) is 10.6 Å². The molecule has 1 saturated carbocycles. The Kier molecular flexibility index (Phi) is 6.70. The molecule has 3 rings (SSSR count). The van der Waals surface area contributed by atoms with Gasteiger partial charge < -0.3 is 15.5 Å². The maximum atomic E-state index is 12.9. The molecule has 1 heterocycles. The molecule has 3 amide bonds. The Morgan fingerprint density at radius 2 is 1.71 bits per heavy atom. The first-order chi connectivity index (χ1) is 13.5. The predicted octanol–water partition coefficient (Wildman–Crippen LogP) is 3.71. The first-order valence-corrected chi connectivity index (χ1v) is 10.5. The number of carbonyl (C=O) groups is 3. The van der Waals surface area contributed by atoms with E-state index in [0.29, 0.717) is 37.3 Å². The van der Waals surface area contributed by atoms with Crippen LogP contribution in [0, 0.1) is 18.8 Å². The third kappa shape index (κ3) is 4.91. The van der Waals surface area contributed by atoms with Gasteiger partial charge >= 0.3 is 0 Å². The minimum absolute atomic E-state index is 0.0363. The average Bonchev–Trinajstić information content (AvgIpc) is 3.20. The molecule has 1 aromatic rings. The second-order valence-corrected chi connectivity index (χ2v) is 8.08. The molecule has 1 aromatic carbocycles. The van der Waals surface area contributed by atoms with Gasteiger partial charge in [-0.1, -0.05) is 25.8 Å². The van der Waals surface area contributed by atoms with Gasteiger partial charge in [0.2, 0.25) is 17.7 Å². The lowest BCUT2D eigenvalue weighted by molar-refractivity contribution is -0.137. The molecular formula is C22H31N3O3. The van der Waals surface area contributed by atoms with Crippen LogP contribution in [0.25, 0.3) is 0 Å². The van der Waals surface area contributed by atoms with Gasteiger partial charge in [0.1, 0.15) is 0 Å². The van der Waals surface area contributed by atoms with Crippen molar-refractivity contribution in [2.75, 3.05) is 23.7 Å². The Balaban J connectivity index is 1.68. The van der Waals surface area contributed by atoms with Crippen molar-refractivity contribution in [2.45, 2.75) is 58.8 Å². The van der Waals surface area contributed by atoms with Gasteiger partial charge in [0.15, 0.2) is 0 Å². The molecule has 2 aliphatic rings. The monoisotopic (exact) mass is 385 g/mol. The van der Waals surface area contributed by atoms with Crippen molar-refractivity contribution in [3.8, 4) is 0 Å². The molecule has 0 spiro atoms. The highest BCUT2D eigenvalue weighted by atomic mass is 16.2. The number of amides is 3. The number of hydrogen-bond acceptors (Lipinski definition) is 3. The van der Waals surface area contributed by atoms with Crippen LogP contribution in [0.1, 0.15) is 57.4 Å².